The molecule has 0 saturated carbocycles. The molecule has 1 N–H and O–H groups in total. The highest BCUT2D eigenvalue weighted by atomic mass is 127. The van der Waals surface area contributed by atoms with Gasteiger partial charge in [0.25, 0.3) is 0 Å². The van der Waals surface area contributed by atoms with Crippen LogP contribution in [0.25, 0.3) is 6.08 Å². The summed E-state index contributed by atoms with van der Waals surface area (Å²) in [6.07, 6.45) is 2.54. The van der Waals surface area contributed by atoms with Crippen LogP contribution in [0.4, 0.5) is 4.39 Å². The van der Waals surface area contributed by atoms with Crippen molar-refractivity contribution in [1.82, 2.24) is 0 Å². The van der Waals surface area contributed by atoms with Crippen LogP contribution < -0.4 is 9.47 Å². The first-order chi connectivity index (χ1) is 11.0. The van der Waals surface area contributed by atoms with Crippen LogP contribution in [0.2, 0.25) is 0 Å². The number of rotatable bonds is 6. The van der Waals surface area contributed by atoms with E-state index in [-0.39, 0.29) is 12.4 Å². The average Bonchev–Trinajstić information content (AvgIpc) is 2.53. The predicted octanol–water partition coefficient (Wildman–Crippen LogP) is 4.12. The third-order valence-corrected chi connectivity index (χ3v) is 3.77. The Morgan fingerprint density at radius 3 is 2.61 bits per heavy atom. The van der Waals surface area contributed by atoms with Crippen molar-refractivity contribution in [2.45, 2.75) is 6.61 Å². The molecule has 0 aliphatic rings. The van der Waals surface area contributed by atoms with E-state index < -0.39 is 5.97 Å². The standard InChI is InChI=1S/C17H14FIO4/c1-22-15-9-12(4-7-16(20)21)8-14(19)17(15)23-10-11-2-5-13(18)6-3-11/h2-9H,10H2,1H3,(H,20,21)/b7-4+. The Hall–Kier alpha value is -2.09. The molecule has 0 bridgehead atoms. The zero-order valence-electron chi connectivity index (χ0n) is 12.3. The fraction of sp³-hybridized carbons (Fsp3) is 0.118. The number of benzene rings is 2. The van der Waals surface area contributed by atoms with Crippen LogP contribution in [-0.4, -0.2) is 18.2 Å². The molecule has 0 aliphatic heterocycles. The van der Waals surface area contributed by atoms with E-state index in [1.807, 2.05) is 0 Å². The minimum absolute atomic E-state index is 0.275. The van der Waals surface area contributed by atoms with Gasteiger partial charge in [0, 0.05) is 6.08 Å². The second kappa shape index (κ2) is 7.96. The summed E-state index contributed by atoms with van der Waals surface area (Å²) in [5.41, 5.74) is 1.53. The molecule has 2 rings (SSSR count). The van der Waals surface area contributed by atoms with Crippen LogP contribution in [0.3, 0.4) is 0 Å². The molecule has 0 radical (unpaired) electrons. The van der Waals surface area contributed by atoms with Crippen molar-refractivity contribution in [2.24, 2.45) is 0 Å². The number of methoxy groups -OCH3 is 1. The number of hydrogen-bond donors (Lipinski definition) is 1. The third kappa shape index (κ3) is 4.95. The van der Waals surface area contributed by atoms with E-state index in [0.29, 0.717) is 17.1 Å². The van der Waals surface area contributed by atoms with Crippen molar-refractivity contribution in [3.63, 3.8) is 0 Å². The van der Waals surface area contributed by atoms with E-state index in [4.69, 9.17) is 14.6 Å². The number of carboxylic acid groups (broad SMARTS) is 1. The van der Waals surface area contributed by atoms with Gasteiger partial charge in [-0.05, 0) is 64.1 Å². The molecule has 0 unspecified atom stereocenters. The Labute approximate surface area is 146 Å². The summed E-state index contributed by atoms with van der Waals surface area (Å²) in [6.45, 7) is 0.275. The monoisotopic (exact) mass is 428 g/mol. The first kappa shape index (κ1) is 17.3. The predicted molar refractivity (Wildman–Crippen MR) is 93.1 cm³/mol. The van der Waals surface area contributed by atoms with E-state index in [9.17, 15) is 9.18 Å². The van der Waals surface area contributed by atoms with Crippen LogP contribution >= 0.6 is 22.6 Å². The SMILES string of the molecule is COc1cc(/C=C/C(=O)O)cc(I)c1OCc1ccc(F)cc1. The van der Waals surface area contributed by atoms with Gasteiger partial charge in [0.2, 0.25) is 0 Å². The molecule has 0 heterocycles. The van der Waals surface area contributed by atoms with Crippen LogP contribution in [0.1, 0.15) is 11.1 Å². The molecule has 23 heavy (non-hydrogen) atoms. The molecular formula is C17H14FIO4. The number of carboxylic acids is 1. The highest BCUT2D eigenvalue weighted by Crippen LogP contribution is 2.35. The molecule has 2 aromatic carbocycles. The maximum Gasteiger partial charge on any atom is 0.328 e. The topological polar surface area (TPSA) is 55.8 Å². The van der Waals surface area contributed by atoms with E-state index in [1.165, 1.54) is 25.3 Å². The van der Waals surface area contributed by atoms with Crippen LogP contribution in [-0.2, 0) is 11.4 Å². The molecular weight excluding hydrogens is 414 g/mol. The maximum atomic E-state index is 12.9. The van der Waals surface area contributed by atoms with Crippen LogP contribution in [0.5, 0.6) is 11.5 Å². The smallest absolute Gasteiger partial charge is 0.328 e. The molecule has 120 valence electrons. The fourth-order valence-corrected chi connectivity index (χ4v) is 2.66. The van der Waals surface area contributed by atoms with Gasteiger partial charge in [0.1, 0.15) is 12.4 Å². The highest BCUT2D eigenvalue weighted by molar-refractivity contribution is 14.1. The van der Waals surface area contributed by atoms with Crippen molar-refractivity contribution in [3.05, 3.63) is 63.0 Å². The number of carbonyl (C=O) groups is 1. The van der Waals surface area contributed by atoms with Crippen molar-refractivity contribution < 1.29 is 23.8 Å². The zero-order valence-corrected chi connectivity index (χ0v) is 14.4. The lowest BCUT2D eigenvalue weighted by atomic mass is 10.2. The molecule has 2 aromatic rings. The van der Waals surface area contributed by atoms with Crippen molar-refractivity contribution in [1.29, 1.82) is 0 Å². The Bertz CT molecular complexity index is 726. The largest absolute Gasteiger partial charge is 0.493 e. The molecule has 6 heteroatoms. The lowest BCUT2D eigenvalue weighted by molar-refractivity contribution is -0.131. The Kier molecular flexibility index (Phi) is 5.97. The normalized spacial score (nSPS) is 10.7. The zero-order chi connectivity index (χ0) is 16.8. The van der Waals surface area contributed by atoms with E-state index in [2.05, 4.69) is 22.6 Å². The van der Waals surface area contributed by atoms with E-state index in [0.717, 1.165) is 15.2 Å². The molecule has 0 aliphatic carbocycles. The van der Waals surface area contributed by atoms with Crippen LogP contribution in [0.15, 0.2) is 42.5 Å². The van der Waals surface area contributed by atoms with Crippen molar-refractivity contribution >= 4 is 34.6 Å². The molecule has 0 atom stereocenters. The molecule has 0 aromatic heterocycles. The fourth-order valence-electron chi connectivity index (χ4n) is 1.88. The van der Waals surface area contributed by atoms with Crippen LogP contribution in [0, 0.1) is 9.39 Å². The minimum Gasteiger partial charge on any atom is -0.493 e. The Balaban J connectivity index is 2.20. The van der Waals surface area contributed by atoms with Gasteiger partial charge in [-0.1, -0.05) is 12.1 Å². The summed E-state index contributed by atoms with van der Waals surface area (Å²) in [5, 5.41) is 8.68. The number of aliphatic carboxylic acids is 1. The summed E-state index contributed by atoms with van der Waals surface area (Å²) in [5.74, 6) is -0.250. The molecule has 0 amide bonds. The van der Waals surface area contributed by atoms with Gasteiger partial charge in [-0.2, -0.15) is 0 Å². The molecule has 0 saturated heterocycles. The highest BCUT2D eigenvalue weighted by Gasteiger charge is 2.11. The summed E-state index contributed by atoms with van der Waals surface area (Å²) in [4.78, 5) is 10.6. The summed E-state index contributed by atoms with van der Waals surface area (Å²) in [7, 11) is 1.51. The van der Waals surface area contributed by atoms with Crippen molar-refractivity contribution in [3.8, 4) is 11.5 Å². The second-order valence-electron chi connectivity index (χ2n) is 4.62. The summed E-state index contributed by atoms with van der Waals surface area (Å²) in [6, 6.07) is 9.54. The molecule has 0 fully saturated rings. The minimum atomic E-state index is -1.02. The van der Waals surface area contributed by atoms with Gasteiger partial charge in [-0.15, -0.1) is 0 Å². The average molecular weight is 428 g/mol. The lowest BCUT2D eigenvalue weighted by Crippen LogP contribution is -2.00. The maximum absolute atomic E-state index is 12.9. The summed E-state index contributed by atoms with van der Waals surface area (Å²) >= 11 is 2.09. The van der Waals surface area contributed by atoms with Gasteiger partial charge < -0.3 is 14.6 Å². The Morgan fingerprint density at radius 1 is 1.30 bits per heavy atom. The number of ether oxygens (including phenoxy) is 2. The van der Waals surface area contributed by atoms with E-state index >= 15 is 0 Å². The van der Waals surface area contributed by atoms with Gasteiger partial charge in [-0.25, -0.2) is 9.18 Å². The molecule has 0 spiro atoms. The van der Waals surface area contributed by atoms with Gasteiger partial charge in [0.15, 0.2) is 11.5 Å². The van der Waals surface area contributed by atoms with Gasteiger partial charge >= 0.3 is 5.97 Å². The quantitative estimate of drug-likeness (QED) is 0.556. The van der Waals surface area contributed by atoms with Crippen molar-refractivity contribution in [2.75, 3.05) is 7.11 Å². The van der Waals surface area contributed by atoms with Gasteiger partial charge in [-0.3, -0.25) is 0 Å². The number of hydrogen-bond acceptors (Lipinski definition) is 3. The summed E-state index contributed by atoms with van der Waals surface area (Å²) < 4.78 is 24.8. The number of halogens is 2. The Morgan fingerprint density at radius 2 is 2.00 bits per heavy atom. The van der Waals surface area contributed by atoms with E-state index in [1.54, 1.807) is 24.3 Å². The lowest BCUT2D eigenvalue weighted by Gasteiger charge is -2.13. The second-order valence-corrected chi connectivity index (χ2v) is 5.78. The molecule has 4 nitrogen and oxygen atoms in total. The van der Waals surface area contributed by atoms with Gasteiger partial charge in [0.05, 0.1) is 10.7 Å². The first-order valence-corrected chi connectivity index (χ1v) is 7.73. The third-order valence-electron chi connectivity index (χ3n) is 2.97. The first-order valence-electron chi connectivity index (χ1n) is 6.65.